The molecule has 124 valence electrons. The van der Waals surface area contributed by atoms with E-state index in [1.807, 2.05) is 0 Å². The van der Waals surface area contributed by atoms with Crippen LogP contribution in [0.25, 0.3) is 0 Å². The average Bonchev–Trinajstić information content (AvgIpc) is 3.05. The van der Waals surface area contributed by atoms with Gasteiger partial charge in [-0.1, -0.05) is 17.7 Å². The molecule has 0 N–H and O–H groups in total. The lowest BCUT2D eigenvalue weighted by molar-refractivity contribution is -0.136. The van der Waals surface area contributed by atoms with E-state index in [-0.39, 0.29) is 11.4 Å². The van der Waals surface area contributed by atoms with Gasteiger partial charge in [0.2, 0.25) is 11.8 Å². The first-order valence-corrected chi connectivity index (χ1v) is 7.34. The van der Waals surface area contributed by atoms with E-state index >= 15 is 0 Å². The van der Waals surface area contributed by atoms with Crippen LogP contribution in [0.4, 0.5) is 5.69 Å². The topological polar surface area (TPSA) is 96.3 Å². The van der Waals surface area contributed by atoms with Gasteiger partial charge in [-0.2, -0.15) is 5.10 Å². The first kappa shape index (κ1) is 16.1. The van der Waals surface area contributed by atoms with Crippen molar-refractivity contribution in [2.45, 2.75) is 13.0 Å². The van der Waals surface area contributed by atoms with Gasteiger partial charge in [-0.25, -0.2) is 14.7 Å². The SMILES string of the molecule is COC(=O)C1=NN(C(C)=O)[C@@H]2C(=O)N(c3cccc(Cl)c3)C(=O)[C@@H]12. The lowest BCUT2D eigenvalue weighted by atomic mass is 9.98. The van der Waals surface area contributed by atoms with Crippen LogP contribution < -0.4 is 4.90 Å². The molecule has 2 atom stereocenters. The predicted octanol–water partition coefficient (Wildman–Crippen LogP) is 0.589. The number of nitrogens with zero attached hydrogens (tertiary/aromatic N) is 3. The quantitative estimate of drug-likeness (QED) is 0.575. The van der Waals surface area contributed by atoms with Crippen LogP contribution in [0, 0.1) is 5.92 Å². The number of ether oxygens (including phenoxy) is 1. The van der Waals surface area contributed by atoms with Gasteiger partial charge in [-0.05, 0) is 18.2 Å². The van der Waals surface area contributed by atoms with Crippen LogP contribution in [0.1, 0.15) is 6.92 Å². The van der Waals surface area contributed by atoms with Gasteiger partial charge in [0.05, 0.1) is 12.8 Å². The third-order valence-corrected chi connectivity index (χ3v) is 4.07. The minimum Gasteiger partial charge on any atom is -0.464 e. The summed E-state index contributed by atoms with van der Waals surface area (Å²) in [6, 6.07) is 4.98. The van der Waals surface area contributed by atoms with Crippen molar-refractivity contribution in [1.29, 1.82) is 0 Å². The number of methoxy groups -OCH3 is 1. The highest BCUT2D eigenvalue weighted by molar-refractivity contribution is 6.47. The zero-order valence-corrected chi connectivity index (χ0v) is 13.5. The molecule has 0 spiro atoms. The summed E-state index contributed by atoms with van der Waals surface area (Å²) in [4.78, 5) is 50.0. The van der Waals surface area contributed by atoms with E-state index in [9.17, 15) is 19.2 Å². The van der Waals surface area contributed by atoms with Gasteiger partial charge < -0.3 is 4.74 Å². The lowest BCUT2D eigenvalue weighted by Gasteiger charge is -2.19. The minimum absolute atomic E-state index is 0.263. The number of halogens is 1. The Labute approximate surface area is 141 Å². The zero-order valence-electron chi connectivity index (χ0n) is 12.7. The van der Waals surface area contributed by atoms with Crippen molar-refractivity contribution in [3.63, 3.8) is 0 Å². The molecule has 1 aromatic carbocycles. The Morgan fingerprint density at radius 1 is 1.25 bits per heavy atom. The van der Waals surface area contributed by atoms with Crippen LogP contribution in [-0.4, -0.2) is 47.6 Å². The number of carbonyl (C=O) groups is 4. The summed E-state index contributed by atoms with van der Waals surface area (Å²) in [7, 11) is 1.13. The number of esters is 1. The van der Waals surface area contributed by atoms with Gasteiger partial charge in [0.15, 0.2) is 11.8 Å². The molecule has 0 bridgehead atoms. The number of hydrazone groups is 1. The summed E-state index contributed by atoms with van der Waals surface area (Å²) >= 11 is 5.91. The van der Waals surface area contributed by atoms with Crippen LogP contribution in [0.2, 0.25) is 5.02 Å². The van der Waals surface area contributed by atoms with Crippen molar-refractivity contribution in [3.05, 3.63) is 29.3 Å². The smallest absolute Gasteiger partial charge is 0.355 e. The number of fused-ring (bicyclic) bond motifs is 1. The molecule has 1 aromatic rings. The number of hydrogen-bond donors (Lipinski definition) is 0. The van der Waals surface area contributed by atoms with Crippen LogP contribution in [0.3, 0.4) is 0 Å². The van der Waals surface area contributed by atoms with Crippen molar-refractivity contribution in [2.24, 2.45) is 11.0 Å². The molecule has 1 saturated heterocycles. The Morgan fingerprint density at radius 3 is 2.54 bits per heavy atom. The summed E-state index contributed by atoms with van der Waals surface area (Å²) in [6.45, 7) is 1.20. The summed E-state index contributed by atoms with van der Waals surface area (Å²) in [5, 5.41) is 5.01. The number of benzene rings is 1. The van der Waals surface area contributed by atoms with Gasteiger partial charge in [-0.3, -0.25) is 14.4 Å². The van der Waals surface area contributed by atoms with Crippen molar-refractivity contribution in [1.82, 2.24) is 5.01 Å². The zero-order chi connectivity index (χ0) is 17.6. The highest BCUT2D eigenvalue weighted by atomic mass is 35.5. The Morgan fingerprint density at radius 2 is 1.96 bits per heavy atom. The van der Waals surface area contributed by atoms with Crippen molar-refractivity contribution < 1.29 is 23.9 Å². The molecule has 3 rings (SSSR count). The molecule has 0 radical (unpaired) electrons. The fourth-order valence-electron chi connectivity index (χ4n) is 2.82. The van der Waals surface area contributed by atoms with E-state index in [1.54, 1.807) is 12.1 Å². The van der Waals surface area contributed by atoms with E-state index in [0.29, 0.717) is 5.02 Å². The Balaban J connectivity index is 2.07. The minimum atomic E-state index is -1.19. The number of imide groups is 1. The van der Waals surface area contributed by atoms with Crippen LogP contribution in [0.15, 0.2) is 29.4 Å². The maximum atomic E-state index is 12.7. The van der Waals surface area contributed by atoms with Crippen molar-refractivity contribution >= 4 is 46.7 Å². The molecular weight excluding hydrogens is 338 g/mol. The van der Waals surface area contributed by atoms with Gasteiger partial charge in [0.25, 0.3) is 5.91 Å². The maximum absolute atomic E-state index is 12.7. The Hall–Kier alpha value is -2.74. The van der Waals surface area contributed by atoms with Crippen LogP contribution in [-0.2, 0) is 23.9 Å². The second-order valence-corrected chi connectivity index (χ2v) is 5.69. The summed E-state index contributed by atoms with van der Waals surface area (Å²) in [5.74, 6) is -3.90. The fourth-order valence-corrected chi connectivity index (χ4v) is 3.00. The van der Waals surface area contributed by atoms with E-state index in [1.165, 1.54) is 19.1 Å². The average molecular weight is 350 g/mol. The molecule has 2 aliphatic rings. The highest BCUT2D eigenvalue weighted by Crippen LogP contribution is 2.36. The molecule has 2 aliphatic heterocycles. The molecule has 0 aromatic heterocycles. The number of amides is 3. The van der Waals surface area contributed by atoms with Gasteiger partial charge in [-0.15, -0.1) is 0 Å². The Bertz CT molecular complexity index is 806. The molecule has 3 amide bonds. The molecular formula is C15H12ClN3O5. The van der Waals surface area contributed by atoms with E-state index in [4.69, 9.17) is 11.6 Å². The molecule has 1 fully saturated rings. The number of carbonyl (C=O) groups excluding carboxylic acids is 4. The standard InChI is InChI=1S/C15H12ClN3O5/c1-7(20)19-12-10(11(17-19)15(23)24-2)13(21)18(14(12)22)9-5-3-4-8(16)6-9/h3-6,10,12H,1-2H3/t10-,12-/m0/s1. The monoisotopic (exact) mass is 349 g/mol. The fraction of sp³-hybridized carbons (Fsp3) is 0.267. The van der Waals surface area contributed by atoms with E-state index in [0.717, 1.165) is 17.0 Å². The largest absolute Gasteiger partial charge is 0.464 e. The van der Waals surface area contributed by atoms with E-state index in [2.05, 4.69) is 9.84 Å². The third kappa shape index (κ3) is 2.26. The van der Waals surface area contributed by atoms with Gasteiger partial charge in [0.1, 0.15) is 5.92 Å². The molecule has 0 aliphatic carbocycles. The molecule has 0 saturated carbocycles. The van der Waals surface area contributed by atoms with Crippen LogP contribution in [0.5, 0.6) is 0 Å². The normalized spacial score (nSPS) is 22.5. The van der Waals surface area contributed by atoms with Crippen LogP contribution >= 0.6 is 11.6 Å². The molecule has 0 unspecified atom stereocenters. The molecule has 2 heterocycles. The summed E-state index contributed by atoms with van der Waals surface area (Å²) in [6.07, 6.45) is 0. The maximum Gasteiger partial charge on any atom is 0.355 e. The van der Waals surface area contributed by atoms with Crippen molar-refractivity contribution in [2.75, 3.05) is 12.0 Å². The third-order valence-electron chi connectivity index (χ3n) is 3.83. The Kier molecular flexibility index (Phi) is 3.84. The number of rotatable bonds is 2. The van der Waals surface area contributed by atoms with Gasteiger partial charge >= 0.3 is 5.97 Å². The second-order valence-electron chi connectivity index (χ2n) is 5.25. The molecule has 8 nitrogen and oxygen atoms in total. The van der Waals surface area contributed by atoms with Gasteiger partial charge in [0, 0.05) is 11.9 Å². The molecule has 24 heavy (non-hydrogen) atoms. The summed E-state index contributed by atoms with van der Waals surface area (Å²) in [5.41, 5.74) is 0.000181. The number of anilines is 1. The summed E-state index contributed by atoms with van der Waals surface area (Å²) < 4.78 is 4.60. The number of hydrogen-bond acceptors (Lipinski definition) is 6. The first-order chi connectivity index (χ1) is 11.4. The van der Waals surface area contributed by atoms with E-state index < -0.39 is 35.7 Å². The van der Waals surface area contributed by atoms with Crippen molar-refractivity contribution in [3.8, 4) is 0 Å². The predicted molar refractivity (Wildman–Crippen MR) is 83.2 cm³/mol. The lowest BCUT2D eigenvalue weighted by Crippen LogP contribution is -2.41. The first-order valence-electron chi connectivity index (χ1n) is 6.96. The second kappa shape index (κ2) is 5.72. The molecule has 9 heteroatoms. The highest BCUT2D eigenvalue weighted by Gasteiger charge is 2.59.